The molecule has 1 saturated heterocycles. The molecule has 1 atom stereocenters. The number of likely N-dealkylation sites (tertiary alicyclic amines) is 1. The second kappa shape index (κ2) is 5.96. The van der Waals surface area contributed by atoms with Crippen LogP contribution in [0.25, 0.3) is 0 Å². The zero-order valence-corrected chi connectivity index (χ0v) is 9.85. The maximum absolute atomic E-state index is 4.96. The molecule has 0 spiro atoms. The van der Waals surface area contributed by atoms with Gasteiger partial charge in [0.15, 0.2) is 6.33 Å². The van der Waals surface area contributed by atoms with E-state index in [1.807, 2.05) is 0 Å². The highest BCUT2D eigenvalue weighted by Gasteiger charge is 2.13. The van der Waals surface area contributed by atoms with Crippen molar-refractivity contribution in [3.05, 3.63) is 12.2 Å². The standard InChI is InChI=1S/C11H20N4O/c1-15-7-2-3-10(5-8-15)12-6-4-11-13-9-14-16-11/h9-10,12H,2-8H2,1H3. The number of hydrogen-bond donors (Lipinski definition) is 1. The van der Waals surface area contributed by atoms with Crippen molar-refractivity contribution in [3.63, 3.8) is 0 Å². The van der Waals surface area contributed by atoms with Gasteiger partial charge in [-0.05, 0) is 39.4 Å². The average Bonchev–Trinajstić information content (AvgIpc) is 2.70. The van der Waals surface area contributed by atoms with Gasteiger partial charge in [-0.3, -0.25) is 0 Å². The van der Waals surface area contributed by atoms with Crippen molar-refractivity contribution in [2.75, 3.05) is 26.7 Å². The Kier molecular flexibility index (Phi) is 4.30. The minimum atomic E-state index is 0.646. The summed E-state index contributed by atoms with van der Waals surface area (Å²) in [5.41, 5.74) is 0. The van der Waals surface area contributed by atoms with Gasteiger partial charge in [0, 0.05) is 19.0 Å². The summed E-state index contributed by atoms with van der Waals surface area (Å²) in [4.78, 5) is 6.41. The molecule has 5 nitrogen and oxygen atoms in total. The molecule has 0 saturated carbocycles. The molecule has 0 amide bonds. The van der Waals surface area contributed by atoms with Crippen molar-refractivity contribution in [2.45, 2.75) is 31.7 Å². The van der Waals surface area contributed by atoms with E-state index < -0.39 is 0 Å². The first kappa shape index (κ1) is 11.5. The monoisotopic (exact) mass is 224 g/mol. The van der Waals surface area contributed by atoms with Gasteiger partial charge in [-0.25, -0.2) is 0 Å². The Morgan fingerprint density at radius 3 is 3.25 bits per heavy atom. The van der Waals surface area contributed by atoms with Crippen LogP contribution in [0.5, 0.6) is 0 Å². The highest BCUT2D eigenvalue weighted by Crippen LogP contribution is 2.09. The third-order valence-corrected chi connectivity index (χ3v) is 3.13. The van der Waals surface area contributed by atoms with E-state index in [-0.39, 0.29) is 0 Å². The molecule has 1 aliphatic rings. The Labute approximate surface area is 96.2 Å². The highest BCUT2D eigenvalue weighted by molar-refractivity contribution is 4.78. The van der Waals surface area contributed by atoms with Crippen molar-refractivity contribution >= 4 is 0 Å². The van der Waals surface area contributed by atoms with E-state index in [1.54, 1.807) is 0 Å². The number of nitrogens with one attached hydrogen (secondary N) is 1. The molecule has 1 unspecified atom stereocenters. The fourth-order valence-electron chi connectivity index (χ4n) is 2.13. The summed E-state index contributed by atoms with van der Waals surface area (Å²) in [7, 11) is 2.20. The Bertz CT molecular complexity index is 288. The molecule has 1 aromatic rings. The molecule has 0 aliphatic carbocycles. The van der Waals surface area contributed by atoms with Gasteiger partial charge in [-0.15, -0.1) is 0 Å². The van der Waals surface area contributed by atoms with E-state index in [1.165, 1.54) is 38.7 Å². The number of hydrogen-bond acceptors (Lipinski definition) is 5. The summed E-state index contributed by atoms with van der Waals surface area (Å²) in [6.07, 6.45) is 6.07. The first-order valence-corrected chi connectivity index (χ1v) is 6.02. The molecular weight excluding hydrogens is 204 g/mol. The van der Waals surface area contributed by atoms with Gasteiger partial charge >= 0.3 is 0 Å². The molecule has 2 heterocycles. The fourth-order valence-corrected chi connectivity index (χ4v) is 2.13. The Morgan fingerprint density at radius 1 is 1.50 bits per heavy atom. The molecule has 0 aromatic carbocycles. The van der Waals surface area contributed by atoms with E-state index in [9.17, 15) is 0 Å². The topological polar surface area (TPSA) is 54.2 Å². The van der Waals surface area contributed by atoms with Gasteiger partial charge in [-0.2, -0.15) is 4.98 Å². The van der Waals surface area contributed by atoms with Crippen LogP contribution in [0.2, 0.25) is 0 Å². The second-order valence-electron chi connectivity index (χ2n) is 4.47. The maximum Gasteiger partial charge on any atom is 0.227 e. The molecular formula is C11H20N4O. The summed E-state index contributed by atoms with van der Waals surface area (Å²) in [5, 5.41) is 7.16. The predicted molar refractivity (Wildman–Crippen MR) is 61.1 cm³/mol. The molecule has 1 aromatic heterocycles. The van der Waals surface area contributed by atoms with Gasteiger partial charge in [-0.1, -0.05) is 5.16 Å². The van der Waals surface area contributed by atoms with Crippen molar-refractivity contribution in [1.82, 2.24) is 20.4 Å². The SMILES string of the molecule is CN1CCCC(NCCc2ncno2)CC1. The van der Waals surface area contributed by atoms with Gasteiger partial charge < -0.3 is 14.7 Å². The lowest BCUT2D eigenvalue weighted by molar-refractivity contribution is 0.342. The number of nitrogens with zero attached hydrogens (tertiary/aromatic N) is 3. The molecule has 1 fully saturated rings. The van der Waals surface area contributed by atoms with Crippen LogP contribution in [0.15, 0.2) is 10.9 Å². The summed E-state index contributed by atoms with van der Waals surface area (Å²) in [5.74, 6) is 0.721. The first-order valence-electron chi connectivity index (χ1n) is 6.02. The van der Waals surface area contributed by atoms with Crippen molar-refractivity contribution < 1.29 is 4.52 Å². The smallest absolute Gasteiger partial charge is 0.227 e. The van der Waals surface area contributed by atoms with Crippen LogP contribution in [0.1, 0.15) is 25.2 Å². The van der Waals surface area contributed by atoms with Crippen molar-refractivity contribution in [3.8, 4) is 0 Å². The minimum absolute atomic E-state index is 0.646. The predicted octanol–water partition coefficient (Wildman–Crippen LogP) is 0.686. The summed E-state index contributed by atoms with van der Waals surface area (Å²) >= 11 is 0. The molecule has 90 valence electrons. The van der Waals surface area contributed by atoms with E-state index in [0.29, 0.717) is 6.04 Å². The van der Waals surface area contributed by atoms with Crippen LogP contribution >= 0.6 is 0 Å². The lowest BCUT2D eigenvalue weighted by Gasteiger charge is -2.16. The third kappa shape index (κ3) is 3.57. The van der Waals surface area contributed by atoms with Gasteiger partial charge in [0.1, 0.15) is 0 Å². The first-order chi connectivity index (χ1) is 7.84. The quantitative estimate of drug-likeness (QED) is 0.815. The van der Waals surface area contributed by atoms with E-state index in [4.69, 9.17) is 4.52 Å². The Balaban J connectivity index is 1.65. The third-order valence-electron chi connectivity index (χ3n) is 3.13. The molecule has 5 heteroatoms. The van der Waals surface area contributed by atoms with Crippen LogP contribution in [-0.4, -0.2) is 47.8 Å². The van der Waals surface area contributed by atoms with Crippen LogP contribution in [0, 0.1) is 0 Å². The zero-order chi connectivity index (χ0) is 11.2. The summed E-state index contributed by atoms with van der Waals surface area (Å²) in [6.45, 7) is 3.34. The molecule has 1 N–H and O–H groups in total. The van der Waals surface area contributed by atoms with Crippen molar-refractivity contribution in [2.24, 2.45) is 0 Å². The Morgan fingerprint density at radius 2 is 2.44 bits per heavy atom. The number of aromatic nitrogens is 2. The largest absolute Gasteiger partial charge is 0.340 e. The number of rotatable bonds is 4. The van der Waals surface area contributed by atoms with Crippen LogP contribution < -0.4 is 5.32 Å². The molecule has 0 bridgehead atoms. The van der Waals surface area contributed by atoms with Gasteiger partial charge in [0.25, 0.3) is 0 Å². The maximum atomic E-state index is 4.96. The lowest BCUT2D eigenvalue weighted by Crippen LogP contribution is -2.31. The molecule has 2 rings (SSSR count). The highest BCUT2D eigenvalue weighted by atomic mass is 16.5. The van der Waals surface area contributed by atoms with Crippen LogP contribution in [-0.2, 0) is 6.42 Å². The van der Waals surface area contributed by atoms with E-state index >= 15 is 0 Å². The summed E-state index contributed by atoms with van der Waals surface area (Å²) in [6, 6.07) is 0.646. The van der Waals surface area contributed by atoms with Crippen LogP contribution in [0.3, 0.4) is 0 Å². The molecule has 16 heavy (non-hydrogen) atoms. The lowest BCUT2D eigenvalue weighted by atomic mass is 10.1. The zero-order valence-electron chi connectivity index (χ0n) is 9.85. The molecule has 0 radical (unpaired) electrons. The van der Waals surface area contributed by atoms with Gasteiger partial charge in [0.05, 0.1) is 0 Å². The van der Waals surface area contributed by atoms with Crippen molar-refractivity contribution in [1.29, 1.82) is 0 Å². The van der Waals surface area contributed by atoms with Crippen LogP contribution in [0.4, 0.5) is 0 Å². The Hall–Kier alpha value is -0.940. The minimum Gasteiger partial charge on any atom is -0.340 e. The normalized spacial score (nSPS) is 23.2. The fraction of sp³-hybridized carbons (Fsp3) is 0.818. The average molecular weight is 224 g/mol. The van der Waals surface area contributed by atoms with Gasteiger partial charge in [0.2, 0.25) is 5.89 Å². The van der Waals surface area contributed by atoms with E-state index in [0.717, 1.165) is 18.9 Å². The van der Waals surface area contributed by atoms with E-state index in [2.05, 4.69) is 27.4 Å². The second-order valence-corrected chi connectivity index (χ2v) is 4.47. The molecule has 1 aliphatic heterocycles. The summed E-state index contributed by atoms with van der Waals surface area (Å²) < 4.78 is 4.96.